The van der Waals surface area contributed by atoms with Crippen molar-refractivity contribution in [3.63, 3.8) is 0 Å². The maximum absolute atomic E-state index is 14.1. The molecule has 2 amide bonds. The van der Waals surface area contributed by atoms with E-state index in [4.69, 9.17) is 9.47 Å². The summed E-state index contributed by atoms with van der Waals surface area (Å²) in [6, 6.07) is -0.930. The predicted octanol–water partition coefficient (Wildman–Crippen LogP) is 2.70. The SMILES string of the molecule is C=CCCCCOC(=O)[C@H]1[C@H]2C(=O)N(CCO)C(C(=O)N(CC=C)C(C)(C)C)C23CC(C)[C@]1(C)O3. The summed E-state index contributed by atoms with van der Waals surface area (Å²) in [5, 5.41) is 9.77. The van der Waals surface area contributed by atoms with Gasteiger partial charge in [0.2, 0.25) is 11.8 Å². The van der Waals surface area contributed by atoms with Crippen LogP contribution in [0.25, 0.3) is 0 Å². The van der Waals surface area contributed by atoms with Crippen molar-refractivity contribution in [3.8, 4) is 0 Å². The van der Waals surface area contributed by atoms with E-state index in [-0.39, 0.29) is 37.5 Å². The zero-order chi connectivity index (χ0) is 26.2. The van der Waals surface area contributed by atoms with Gasteiger partial charge in [-0.15, -0.1) is 13.2 Å². The lowest BCUT2D eigenvalue weighted by atomic mass is 9.62. The number of aliphatic hydroxyl groups is 1. The van der Waals surface area contributed by atoms with E-state index in [0.717, 1.165) is 12.8 Å². The Morgan fingerprint density at radius 3 is 2.54 bits per heavy atom. The average molecular weight is 491 g/mol. The Morgan fingerprint density at radius 1 is 1.29 bits per heavy atom. The van der Waals surface area contributed by atoms with Gasteiger partial charge in [0.25, 0.3) is 0 Å². The number of aliphatic hydroxyl groups excluding tert-OH is 1. The number of esters is 1. The molecule has 3 heterocycles. The Hall–Kier alpha value is -2.19. The van der Waals surface area contributed by atoms with Crippen LogP contribution in [0.15, 0.2) is 25.3 Å². The molecule has 0 saturated carbocycles. The molecule has 2 bridgehead atoms. The van der Waals surface area contributed by atoms with E-state index < -0.39 is 40.6 Å². The molecule has 3 fully saturated rings. The van der Waals surface area contributed by atoms with Crippen LogP contribution in [-0.4, -0.2) is 81.8 Å². The molecule has 8 heteroatoms. The second-order valence-corrected chi connectivity index (χ2v) is 11.3. The van der Waals surface area contributed by atoms with Gasteiger partial charge in [-0.05, 0) is 59.3 Å². The van der Waals surface area contributed by atoms with E-state index >= 15 is 0 Å². The van der Waals surface area contributed by atoms with E-state index in [2.05, 4.69) is 13.2 Å². The number of carbonyl (C=O) groups is 3. The second-order valence-electron chi connectivity index (χ2n) is 11.3. The number of fused-ring (bicyclic) bond motifs is 1. The Labute approximate surface area is 209 Å². The molecule has 3 saturated heterocycles. The summed E-state index contributed by atoms with van der Waals surface area (Å²) in [5.74, 6) is -2.72. The number of likely N-dealkylation sites (tertiary alicyclic amines) is 1. The van der Waals surface area contributed by atoms with Gasteiger partial charge < -0.3 is 24.4 Å². The number of carbonyl (C=O) groups excluding carboxylic acids is 3. The third-order valence-corrected chi connectivity index (χ3v) is 8.08. The van der Waals surface area contributed by atoms with E-state index in [1.54, 1.807) is 11.0 Å². The highest BCUT2D eigenvalue weighted by Crippen LogP contribution is 2.65. The molecule has 1 spiro atoms. The number of unbranched alkanes of at least 4 members (excludes halogenated alkanes) is 2. The van der Waals surface area contributed by atoms with Crippen molar-refractivity contribution in [3.05, 3.63) is 25.3 Å². The van der Waals surface area contributed by atoms with Crippen molar-refractivity contribution < 1.29 is 29.0 Å². The Kier molecular flexibility index (Phi) is 7.87. The quantitative estimate of drug-likeness (QED) is 0.272. The Balaban J connectivity index is 2.00. The minimum atomic E-state index is -1.14. The predicted molar refractivity (Wildman–Crippen MR) is 132 cm³/mol. The highest BCUT2D eigenvalue weighted by Gasteiger charge is 2.80. The highest BCUT2D eigenvalue weighted by molar-refractivity contribution is 5.98. The van der Waals surface area contributed by atoms with Crippen LogP contribution in [0.2, 0.25) is 0 Å². The van der Waals surface area contributed by atoms with Gasteiger partial charge in [-0.2, -0.15) is 0 Å². The van der Waals surface area contributed by atoms with Crippen LogP contribution in [0.5, 0.6) is 0 Å². The fourth-order valence-corrected chi connectivity index (χ4v) is 6.35. The minimum absolute atomic E-state index is 0.00264. The summed E-state index contributed by atoms with van der Waals surface area (Å²) in [6.45, 7) is 17.4. The van der Waals surface area contributed by atoms with E-state index in [0.29, 0.717) is 19.4 Å². The molecule has 0 aromatic heterocycles. The molecule has 3 unspecified atom stereocenters. The van der Waals surface area contributed by atoms with Gasteiger partial charge in [-0.25, -0.2) is 0 Å². The summed E-state index contributed by atoms with van der Waals surface area (Å²) < 4.78 is 12.3. The van der Waals surface area contributed by atoms with Gasteiger partial charge in [0.15, 0.2) is 0 Å². The van der Waals surface area contributed by atoms with Crippen molar-refractivity contribution in [1.29, 1.82) is 0 Å². The normalized spacial score (nSPS) is 33.5. The first-order valence-corrected chi connectivity index (χ1v) is 12.7. The van der Waals surface area contributed by atoms with Gasteiger partial charge in [-0.1, -0.05) is 19.1 Å². The van der Waals surface area contributed by atoms with Crippen molar-refractivity contribution in [2.24, 2.45) is 17.8 Å². The molecule has 3 rings (SSSR count). The van der Waals surface area contributed by atoms with Gasteiger partial charge >= 0.3 is 5.97 Å². The molecule has 196 valence electrons. The van der Waals surface area contributed by atoms with Crippen LogP contribution in [-0.2, 0) is 23.9 Å². The summed E-state index contributed by atoms with van der Waals surface area (Å²) in [6.07, 6.45) is 6.39. The molecule has 6 atom stereocenters. The first-order chi connectivity index (χ1) is 16.4. The molecule has 8 nitrogen and oxygen atoms in total. The smallest absolute Gasteiger partial charge is 0.312 e. The van der Waals surface area contributed by atoms with Crippen molar-refractivity contribution in [2.75, 3.05) is 26.3 Å². The van der Waals surface area contributed by atoms with E-state index in [9.17, 15) is 19.5 Å². The highest BCUT2D eigenvalue weighted by atomic mass is 16.6. The minimum Gasteiger partial charge on any atom is -0.465 e. The molecule has 1 N–H and O–H groups in total. The molecule has 0 aliphatic carbocycles. The standard InChI is InChI=1S/C27H42N2O6/c1-8-10-11-12-16-34-24(33)20-19-22(31)28(14-15-30)21(23(32)29(13-9-2)25(4,5)6)27(19)17-18(3)26(20,7)35-27/h8-9,18-21,30H,1-2,10-17H2,3-7H3/t18?,19-,20+,21?,26-,27?/m0/s1. The Morgan fingerprint density at radius 2 is 1.97 bits per heavy atom. The molecule has 0 aromatic rings. The van der Waals surface area contributed by atoms with Crippen LogP contribution < -0.4 is 0 Å². The van der Waals surface area contributed by atoms with Crippen LogP contribution in [0.3, 0.4) is 0 Å². The maximum Gasteiger partial charge on any atom is 0.312 e. The van der Waals surface area contributed by atoms with Gasteiger partial charge in [-0.3, -0.25) is 14.4 Å². The van der Waals surface area contributed by atoms with E-state index in [1.165, 1.54) is 4.90 Å². The molecular formula is C27H42N2O6. The number of amides is 2. The summed E-state index contributed by atoms with van der Waals surface area (Å²) in [5.41, 5.74) is -2.58. The third kappa shape index (κ3) is 4.44. The van der Waals surface area contributed by atoms with E-state index in [1.807, 2.05) is 40.7 Å². The van der Waals surface area contributed by atoms with Crippen molar-refractivity contribution in [1.82, 2.24) is 9.80 Å². The van der Waals surface area contributed by atoms with Crippen LogP contribution in [0.4, 0.5) is 0 Å². The summed E-state index contributed by atoms with van der Waals surface area (Å²) >= 11 is 0. The number of hydrogen-bond acceptors (Lipinski definition) is 6. The first-order valence-electron chi connectivity index (χ1n) is 12.7. The average Bonchev–Trinajstić information content (AvgIpc) is 3.28. The number of hydrogen-bond donors (Lipinski definition) is 1. The fourth-order valence-electron chi connectivity index (χ4n) is 6.35. The number of β-amino-alcohol motifs (C(OH)–C–C–N with tert-alkyl or cyclic N) is 1. The molecular weight excluding hydrogens is 448 g/mol. The van der Waals surface area contributed by atoms with Crippen LogP contribution in [0, 0.1) is 17.8 Å². The largest absolute Gasteiger partial charge is 0.465 e. The number of allylic oxidation sites excluding steroid dienone is 1. The lowest BCUT2D eigenvalue weighted by Crippen LogP contribution is -2.60. The second kappa shape index (κ2) is 10.1. The lowest BCUT2D eigenvalue weighted by Gasteiger charge is -2.42. The molecule has 3 aliphatic heterocycles. The fraction of sp³-hybridized carbons (Fsp3) is 0.741. The van der Waals surface area contributed by atoms with Gasteiger partial charge in [0.05, 0.1) is 24.7 Å². The summed E-state index contributed by atoms with van der Waals surface area (Å²) in [4.78, 5) is 44.4. The number of rotatable bonds is 11. The van der Waals surface area contributed by atoms with Crippen molar-refractivity contribution in [2.45, 2.75) is 83.1 Å². The lowest BCUT2D eigenvalue weighted by molar-refractivity contribution is -0.163. The van der Waals surface area contributed by atoms with Gasteiger partial charge in [0, 0.05) is 18.6 Å². The zero-order valence-corrected chi connectivity index (χ0v) is 21.9. The van der Waals surface area contributed by atoms with Crippen LogP contribution in [0.1, 0.15) is 60.3 Å². The van der Waals surface area contributed by atoms with Gasteiger partial charge in [0.1, 0.15) is 17.6 Å². The number of ether oxygens (including phenoxy) is 2. The molecule has 3 aliphatic rings. The summed E-state index contributed by atoms with van der Waals surface area (Å²) in [7, 11) is 0. The molecule has 0 radical (unpaired) electrons. The monoisotopic (exact) mass is 490 g/mol. The number of nitrogens with zero attached hydrogens (tertiary/aromatic N) is 2. The molecule has 35 heavy (non-hydrogen) atoms. The Bertz CT molecular complexity index is 866. The maximum atomic E-state index is 14.1. The topological polar surface area (TPSA) is 96.4 Å². The zero-order valence-electron chi connectivity index (χ0n) is 21.9. The van der Waals surface area contributed by atoms with Crippen molar-refractivity contribution >= 4 is 17.8 Å². The first kappa shape index (κ1) is 27.4. The van der Waals surface area contributed by atoms with Crippen LogP contribution >= 0.6 is 0 Å². The molecule has 0 aromatic carbocycles. The third-order valence-electron chi connectivity index (χ3n) is 8.08.